The van der Waals surface area contributed by atoms with Crippen LogP contribution in [-0.4, -0.2) is 60.4 Å². The number of benzene rings is 2. The van der Waals surface area contributed by atoms with E-state index in [0.717, 1.165) is 50.2 Å². The predicted octanol–water partition coefficient (Wildman–Crippen LogP) is 2.04. The number of aromatic amines is 1. The number of H-pyrrole nitrogens is 1. The standard InChI is InChI=1S/C22H24N4O3/c27-21(23-9-4-10-26-11-13-29-14-12-26)17-6-3-5-16(15-17)20-18-7-1-2-8-19(18)22(28)25-24-20/h1-3,5-8,15H,4,9-14H2,(H,23,27)(H,25,28). The Kier molecular flexibility index (Phi) is 5.97. The molecule has 0 saturated carbocycles. The Morgan fingerprint density at radius 3 is 2.72 bits per heavy atom. The molecule has 1 saturated heterocycles. The maximum atomic E-state index is 12.6. The molecule has 0 unspecified atom stereocenters. The Hall–Kier alpha value is -3.03. The minimum atomic E-state index is -0.224. The first kappa shape index (κ1) is 19.3. The van der Waals surface area contributed by atoms with Crippen LogP contribution in [0.15, 0.2) is 53.3 Å². The van der Waals surface area contributed by atoms with Gasteiger partial charge in [-0.15, -0.1) is 0 Å². The highest BCUT2D eigenvalue weighted by Crippen LogP contribution is 2.24. The van der Waals surface area contributed by atoms with Gasteiger partial charge in [0.25, 0.3) is 11.5 Å². The monoisotopic (exact) mass is 392 g/mol. The smallest absolute Gasteiger partial charge is 0.272 e. The zero-order valence-corrected chi connectivity index (χ0v) is 16.2. The van der Waals surface area contributed by atoms with E-state index in [0.29, 0.717) is 23.2 Å². The second-order valence-corrected chi connectivity index (χ2v) is 7.09. The van der Waals surface area contributed by atoms with Gasteiger partial charge in [-0.2, -0.15) is 5.10 Å². The molecule has 2 heterocycles. The number of nitrogens with zero attached hydrogens (tertiary/aromatic N) is 2. The maximum Gasteiger partial charge on any atom is 0.272 e. The van der Waals surface area contributed by atoms with E-state index in [1.807, 2.05) is 36.4 Å². The zero-order chi connectivity index (χ0) is 20.1. The average Bonchev–Trinajstić information content (AvgIpc) is 2.78. The SMILES string of the molecule is O=C(NCCCN1CCOCC1)c1cccc(-c2n[nH]c(=O)c3ccccc23)c1. The van der Waals surface area contributed by atoms with Crippen molar-refractivity contribution in [3.05, 3.63) is 64.4 Å². The lowest BCUT2D eigenvalue weighted by molar-refractivity contribution is 0.0374. The zero-order valence-electron chi connectivity index (χ0n) is 16.2. The molecular formula is C22H24N4O3. The summed E-state index contributed by atoms with van der Waals surface area (Å²) in [7, 11) is 0. The van der Waals surface area contributed by atoms with Gasteiger partial charge in [0.05, 0.1) is 24.3 Å². The molecule has 0 atom stereocenters. The third-order valence-corrected chi connectivity index (χ3v) is 5.13. The van der Waals surface area contributed by atoms with Crippen LogP contribution in [0, 0.1) is 0 Å². The lowest BCUT2D eigenvalue weighted by Crippen LogP contribution is -2.38. The Bertz CT molecular complexity index is 1060. The number of carbonyl (C=O) groups is 1. The maximum absolute atomic E-state index is 12.6. The highest BCUT2D eigenvalue weighted by Gasteiger charge is 2.12. The van der Waals surface area contributed by atoms with Gasteiger partial charge in [0.1, 0.15) is 0 Å². The summed E-state index contributed by atoms with van der Waals surface area (Å²) >= 11 is 0. The van der Waals surface area contributed by atoms with E-state index in [2.05, 4.69) is 20.4 Å². The molecule has 4 rings (SSSR count). The van der Waals surface area contributed by atoms with Crippen LogP contribution in [-0.2, 0) is 4.74 Å². The van der Waals surface area contributed by atoms with Gasteiger partial charge < -0.3 is 10.1 Å². The van der Waals surface area contributed by atoms with E-state index in [1.54, 1.807) is 12.1 Å². The van der Waals surface area contributed by atoms with Crippen LogP contribution in [0.2, 0.25) is 0 Å². The lowest BCUT2D eigenvalue weighted by atomic mass is 10.0. The summed E-state index contributed by atoms with van der Waals surface area (Å²) in [5.41, 5.74) is 1.80. The molecule has 7 heteroatoms. The Balaban J connectivity index is 1.44. The molecule has 2 N–H and O–H groups in total. The van der Waals surface area contributed by atoms with Crippen molar-refractivity contribution in [3.8, 4) is 11.3 Å². The molecule has 7 nitrogen and oxygen atoms in total. The van der Waals surface area contributed by atoms with Crippen molar-refractivity contribution >= 4 is 16.7 Å². The first-order valence-electron chi connectivity index (χ1n) is 9.88. The van der Waals surface area contributed by atoms with Gasteiger partial charge in [-0.25, -0.2) is 5.10 Å². The van der Waals surface area contributed by atoms with Crippen LogP contribution >= 0.6 is 0 Å². The minimum absolute atomic E-state index is 0.109. The quantitative estimate of drug-likeness (QED) is 0.627. The Morgan fingerprint density at radius 1 is 1.10 bits per heavy atom. The molecule has 1 aromatic heterocycles. The second-order valence-electron chi connectivity index (χ2n) is 7.09. The fourth-order valence-corrected chi connectivity index (χ4v) is 3.57. The van der Waals surface area contributed by atoms with Crippen LogP contribution in [0.4, 0.5) is 0 Å². The molecule has 1 amide bonds. The van der Waals surface area contributed by atoms with Gasteiger partial charge in [0.15, 0.2) is 0 Å². The molecule has 3 aromatic rings. The van der Waals surface area contributed by atoms with Gasteiger partial charge in [-0.3, -0.25) is 14.5 Å². The molecule has 29 heavy (non-hydrogen) atoms. The Morgan fingerprint density at radius 2 is 1.90 bits per heavy atom. The van der Waals surface area contributed by atoms with Crippen LogP contribution in [0.3, 0.4) is 0 Å². The van der Waals surface area contributed by atoms with Crippen molar-refractivity contribution in [2.45, 2.75) is 6.42 Å². The molecular weight excluding hydrogens is 368 g/mol. The van der Waals surface area contributed by atoms with Crippen LogP contribution in [0.25, 0.3) is 22.0 Å². The van der Waals surface area contributed by atoms with Crippen molar-refractivity contribution in [1.82, 2.24) is 20.4 Å². The summed E-state index contributed by atoms with van der Waals surface area (Å²) in [5.74, 6) is -0.109. The lowest BCUT2D eigenvalue weighted by Gasteiger charge is -2.26. The summed E-state index contributed by atoms with van der Waals surface area (Å²) in [4.78, 5) is 26.9. The third-order valence-electron chi connectivity index (χ3n) is 5.13. The minimum Gasteiger partial charge on any atom is -0.379 e. The van der Waals surface area contributed by atoms with Gasteiger partial charge in [0.2, 0.25) is 0 Å². The predicted molar refractivity (Wildman–Crippen MR) is 112 cm³/mol. The molecule has 0 spiro atoms. The van der Waals surface area contributed by atoms with Crippen molar-refractivity contribution in [2.75, 3.05) is 39.4 Å². The molecule has 1 aliphatic heterocycles. The number of amides is 1. The van der Waals surface area contributed by atoms with E-state index < -0.39 is 0 Å². The number of nitrogens with one attached hydrogen (secondary N) is 2. The topological polar surface area (TPSA) is 87.3 Å². The van der Waals surface area contributed by atoms with E-state index in [4.69, 9.17) is 4.74 Å². The molecule has 0 bridgehead atoms. The van der Waals surface area contributed by atoms with Crippen molar-refractivity contribution in [3.63, 3.8) is 0 Å². The molecule has 0 radical (unpaired) electrons. The summed E-state index contributed by atoms with van der Waals surface area (Å²) in [5, 5.41) is 11.1. The number of fused-ring (bicyclic) bond motifs is 1. The second kappa shape index (κ2) is 8.98. The van der Waals surface area contributed by atoms with Gasteiger partial charge in [-0.05, 0) is 31.2 Å². The summed E-state index contributed by atoms with van der Waals surface area (Å²) < 4.78 is 5.35. The first-order valence-corrected chi connectivity index (χ1v) is 9.88. The summed E-state index contributed by atoms with van der Waals surface area (Å²) in [6.45, 7) is 5.06. The first-order chi connectivity index (χ1) is 14.2. The number of morpholine rings is 1. The number of aromatic nitrogens is 2. The third kappa shape index (κ3) is 4.52. The van der Waals surface area contributed by atoms with Crippen LogP contribution in [0.5, 0.6) is 0 Å². The summed E-state index contributed by atoms with van der Waals surface area (Å²) in [6.07, 6.45) is 0.900. The number of ether oxygens (including phenoxy) is 1. The van der Waals surface area contributed by atoms with E-state index in [1.165, 1.54) is 0 Å². The fourth-order valence-electron chi connectivity index (χ4n) is 3.57. The molecule has 150 valence electrons. The molecule has 0 aliphatic carbocycles. The van der Waals surface area contributed by atoms with E-state index in [-0.39, 0.29) is 11.5 Å². The molecule has 1 fully saturated rings. The van der Waals surface area contributed by atoms with Crippen LogP contribution < -0.4 is 10.9 Å². The number of hydrogen-bond donors (Lipinski definition) is 2. The molecule has 1 aliphatic rings. The van der Waals surface area contributed by atoms with Crippen molar-refractivity contribution in [2.24, 2.45) is 0 Å². The molecule has 2 aromatic carbocycles. The number of rotatable bonds is 6. The highest BCUT2D eigenvalue weighted by atomic mass is 16.5. The Labute approximate surface area is 168 Å². The van der Waals surface area contributed by atoms with Crippen molar-refractivity contribution in [1.29, 1.82) is 0 Å². The van der Waals surface area contributed by atoms with E-state index >= 15 is 0 Å². The number of carbonyl (C=O) groups excluding carboxylic acids is 1. The average molecular weight is 392 g/mol. The highest BCUT2D eigenvalue weighted by molar-refractivity contribution is 5.98. The largest absolute Gasteiger partial charge is 0.379 e. The summed E-state index contributed by atoms with van der Waals surface area (Å²) in [6, 6.07) is 14.6. The van der Waals surface area contributed by atoms with Gasteiger partial charge in [0, 0.05) is 36.1 Å². The van der Waals surface area contributed by atoms with Gasteiger partial charge in [-0.1, -0.05) is 30.3 Å². The number of hydrogen-bond acceptors (Lipinski definition) is 5. The van der Waals surface area contributed by atoms with Crippen molar-refractivity contribution < 1.29 is 9.53 Å². The normalized spacial score (nSPS) is 14.8. The van der Waals surface area contributed by atoms with E-state index in [9.17, 15) is 9.59 Å². The van der Waals surface area contributed by atoms with Gasteiger partial charge >= 0.3 is 0 Å². The fraction of sp³-hybridized carbons (Fsp3) is 0.318. The van der Waals surface area contributed by atoms with Crippen LogP contribution in [0.1, 0.15) is 16.8 Å².